The standard InChI is InChI=1S/C18H31NO3SSi/c1-17(2,3)24(6,7)20-11-12-15-16(22-18(4,5)21-15)14(19-12)13-9-8-10-23-13/h8-10,12,14-16,19H,11H2,1-7H3/t12-,14+,15-,16+/m1/s1. The minimum absolute atomic E-state index is 0.0388. The van der Waals surface area contributed by atoms with Crippen molar-refractivity contribution in [1.29, 1.82) is 0 Å². The zero-order valence-corrected chi connectivity index (χ0v) is 17.7. The molecule has 0 spiro atoms. The predicted octanol–water partition coefficient (Wildman–Crippen LogP) is 4.30. The van der Waals surface area contributed by atoms with Crippen molar-refractivity contribution in [3.05, 3.63) is 22.4 Å². The van der Waals surface area contributed by atoms with Gasteiger partial charge in [0.05, 0.1) is 18.7 Å². The fraction of sp³-hybridized carbons (Fsp3) is 0.778. The van der Waals surface area contributed by atoms with Gasteiger partial charge in [-0.15, -0.1) is 11.3 Å². The zero-order valence-electron chi connectivity index (χ0n) is 15.9. The molecule has 2 aliphatic heterocycles. The van der Waals surface area contributed by atoms with Crippen LogP contribution < -0.4 is 5.32 Å². The van der Waals surface area contributed by atoms with E-state index >= 15 is 0 Å². The Bertz CT molecular complexity index is 567. The van der Waals surface area contributed by atoms with E-state index in [1.54, 1.807) is 11.3 Å². The highest BCUT2D eigenvalue weighted by Crippen LogP contribution is 2.43. The van der Waals surface area contributed by atoms with Gasteiger partial charge in [-0.25, -0.2) is 0 Å². The average Bonchev–Trinajstić information content (AvgIpc) is 3.10. The van der Waals surface area contributed by atoms with Crippen LogP contribution in [0.5, 0.6) is 0 Å². The number of rotatable bonds is 4. The smallest absolute Gasteiger partial charge is 0.192 e. The second-order valence-electron chi connectivity index (χ2n) is 8.90. The largest absolute Gasteiger partial charge is 0.415 e. The summed E-state index contributed by atoms with van der Waals surface area (Å²) in [6, 6.07) is 4.62. The fourth-order valence-electron chi connectivity index (χ4n) is 3.18. The summed E-state index contributed by atoms with van der Waals surface area (Å²) in [5, 5.41) is 6.05. The monoisotopic (exact) mass is 369 g/mol. The molecular weight excluding hydrogens is 338 g/mol. The molecule has 6 heteroatoms. The average molecular weight is 370 g/mol. The van der Waals surface area contributed by atoms with Crippen LogP contribution in [0.15, 0.2) is 17.5 Å². The van der Waals surface area contributed by atoms with Crippen molar-refractivity contribution in [2.24, 2.45) is 0 Å². The molecule has 136 valence electrons. The molecule has 24 heavy (non-hydrogen) atoms. The van der Waals surface area contributed by atoms with Crippen molar-refractivity contribution >= 4 is 19.7 Å². The normalized spacial score (nSPS) is 33.0. The maximum atomic E-state index is 6.46. The number of fused-ring (bicyclic) bond motifs is 1. The molecule has 2 fully saturated rings. The summed E-state index contributed by atoms with van der Waals surface area (Å²) >= 11 is 1.77. The molecule has 4 nitrogen and oxygen atoms in total. The van der Waals surface area contributed by atoms with Crippen LogP contribution in [0.4, 0.5) is 0 Å². The van der Waals surface area contributed by atoms with Crippen LogP contribution in [0.1, 0.15) is 45.5 Å². The van der Waals surface area contributed by atoms with Gasteiger partial charge in [-0.3, -0.25) is 5.32 Å². The summed E-state index contributed by atoms with van der Waals surface area (Å²) < 4.78 is 18.9. The molecule has 4 atom stereocenters. The molecule has 0 amide bonds. The Labute approximate surface area is 151 Å². The van der Waals surface area contributed by atoms with Gasteiger partial charge in [-0.05, 0) is 43.4 Å². The third kappa shape index (κ3) is 3.50. The van der Waals surface area contributed by atoms with Crippen molar-refractivity contribution in [2.45, 2.75) is 82.8 Å². The first-order valence-corrected chi connectivity index (χ1v) is 12.6. The van der Waals surface area contributed by atoms with Gasteiger partial charge in [-0.1, -0.05) is 26.8 Å². The number of ether oxygens (including phenoxy) is 2. The van der Waals surface area contributed by atoms with Gasteiger partial charge in [-0.2, -0.15) is 0 Å². The lowest BCUT2D eigenvalue weighted by Crippen LogP contribution is -2.46. The maximum absolute atomic E-state index is 6.46. The Kier molecular flexibility index (Phi) is 4.77. The third-order valence-electron chi connectivity index (χ3n) is 5.56. The SMILES string of the molecule is CC1(C)O[C@@H]2[C@H](O1)[C@@H](CO[Si](C)(C)C(C)(C)C)N[C@H]2c1cccs1. The summed E-state index contributed by atoms with van der Waals surface area (Å²) in [6.45, 7) is 16.1. The van der Waals surface area contributed by atoms with Gasteiger partial charge in [0.15, 0.2) is 14.1 Å². The Balaban J connectivity index is 1.74. The summed E-state index contributed by atoms with van der Waals surface area (Å²) in [6.07, 6.45) is 0.0866. The second kappa shape index (κ2) is 6.18. The van der Waals surface area contributed by atoms with Crippen LogP contribution in [-0.4, -0.2) is 39.0 Å². The molecular formula is C18H31NO3SSi. The van der Waals surface area contributed by atoms with E-state index in [-0.39, 0.29) is 29.3 Å². The Morgan fingerprint density at radius 2 is 1.92 bits per heavy atom. The summed E-state index contributed by atoms with van der Waals surface area (Å²) in [5.41, 5.74) is 0. The molecule has 0 aromatic carbocycles. The van der Waals surface area contributed by atoms with Crippen LogP contribution in [-0.2, 0) is 13.9 Å². The first kappa shape index (κ1) is 18.5. The van der Waals surface area contributed by atoms with Gasteiger partial charge >= 0.3 is 0 Å². The van der Waals surface area contributed by atoms with Crippen molar-refractivity contribution in [3.8, 4) is 0 Å². The molecule has 3 heterocycles. The molecule has 0 unspecified atom stereocenters. The molecule has 3 rings (SSSR count). The fourth-order valence-corrected chi connectivity index (χ4v) is 5.03. The highest BCUT2D eigenvalue weighted by Gasteiger charge is 2.55. The van der Waals surface area contributed by atoms with Crippen LogP contribution in [0.2, 0.25) is 18.1 Å². The lowest BCUT2D eigenvalue weighted by Gasteiger charge is -2.37. The van der Waals surface area contributed by atoms with E-state index in [1.165, 1.54) is 4.88 Å². The Morgan fingerprint density at radius 3 is 2.50 bits per heavy atom. The molecule has 0 bridgehead atoms. The van der Waals surface area contributed by atoms with Gasteiger partial charge < -0.3 is 13.9 Å². The molecule has 0 aliphatic carbocycles. The first-order chi connectivity index (χ1) is 11.0. The van der Waals surface area contributed by atoms with Crippen molar-refractivity contribution in [2.75, 3.05) is 6.61 Å². The van der Waals surface area contributed by atoms with Crippen molar-refractivity contribution < 1.29 is 13.9 Å². The molecule has 2 saturated heterocycles. The quantitative estimate of drug-likeness (QED) is 0.803. The number of thiophene rings is 1. The van der Waals surface area contributed by atoms with Crippen molar-refractivity contribution in [3.63, 3.8) is 0 Å². The highest BCUT2D eigenvalue weighted by molar-refractivity contribution is 7.10. The molecule has 0 saturated carbocycles. The summed E-state index contributed by atoms with van der Waals surface area (Å²) in [5.74, 6) is -0.526. The van der Waals surface area contributed by atoms with Gasteiger partial charge in [0.1, 0.15) is 12.2 Å². The Hall–Kier alpha value is -0.243. The van der Waals surface area contributed by atoms with E-state index in [9.17, 15) is 0 Å². The number of hydrogen-bond donors (Lipinski definition) is 1. The molecule has 1 aromatic heterocycles. The van der Waals surface area contributed by atoms with E-state index in [4.69, 9.17) is 13.9 Å². The second-order valence-corrected chi connectivity index (χ2v) is 14.7. The molecule has 0 radical (unpaired) electrons. The van der Waals surface area contributed by atoms with Crippen LogP contribution in [0, 0.1) is 0 Å². The zero-order chi connectivity index (χ0) is 17.8. The Morgan fingerprint density at radius 1 is 1.25 bits per heavy atom. The summed E-state index contributed by atoms with van der Waals surface area (Å²) in [4.78, 5) is 1.31. The summed E-state index contributed by atoms with van der Waals surface area (Å²) in [7, 11) is -1.77. The van der Waals surface area contributed by atoms with Crippen LogP contribution in [0.3, 0.4) is 0 Å². The molecule has 2 aliphatic rings. The molecule has 1 N–H and O–H groups in total. The lowest BCUT2D eigenvalue weighted by atomic mass is 10.1. The van der Waals surface area contributed by atoms with Crippen LogP contribution in [0.25, 0.3) is 0 Å². The third-order valence-corrected chi connectivity index (χ3v) is 11.0. The number of hydrogen-bond acceptors (Lipinski definition) is 5. The topological polar surface area (TPSA) is 39.7 Å². The number of nitrogens with one attached hydrogen (secondary N) is 1. The van der Waals surface area contributed by atoms with E-state index in [1.807, 2.05) is 13.8 Å². The van der Waals surface area contributed by atoms with Gasteiger partial charge in [0.25, 0.3) is 0 Å². The van der Waals surface area contributed by atoms with E-state index in [0.29, 0.717) is 6.61 Å². The minimum atomic E-state index is -1.77. The van der Waals surface area contributed by atoms with Crippen molar-refractivity contribution in [1.82, 2.24) is 5.32 Å². The van der Waals surface area contributed by atoms with E-state index < -0.39 is 14.1 Å². The lowest BCUT2D eigenvalue weighted by molar-refractivity contribution is -0.157. The molecule has 1 aromatic rings. The predicted molar refractivity (Wildman–Crippen MR) is 101 cm³/mol. The highest BCUT2D eigenvalue weighted by atomic mass is 32.1. The van der Waals surface area contributed by atoms with E-state index in [0.717, 1.165) is 0 Å². The van der Waals surface area contributed by atoms with E-state index in [2.05, 4.69) is 56.7 Å². The minimum Gasteiger partial charge on any atom is -0.415 e. The first-order valence-electron chi connectivity index (χ1n) is 8.79. The van der Waals surface area contributed by atoms with Crippen LogP contribution >= 0.6 is 11.3 Å². The van der Waals surface area contributed by atoms with Gasteiger partial charge in [0, 0.05) is 4.88 Å². The maximum Gasteiger partial charge on any atom is 0.192 e. The van der Waals surface area contributed by atoms with Gasteiger partial charge in [0.2, 0.25) is 0 Å².